The van der Waals surface area contributed by atoms with Crippen LogP contribution in [0, 0.1) is 6.92 Å². The van der Waals surface area contributed by atoms with Gasteiger partial charge in [0.2, 0.25) is 5.28 Å². The molecule has 0 bridgehead atoms. The van der Waals surface area contributed by atoms with Gasteiger partial charge >= 0.3 is 0 Å². The number of aromatic amines is 1. The van der Waals surface area contributed by atoms with Gasteiger partial charge in [-0.25, -0.2) is 4.98 Å². The summed E-state index contributed by atoms with van der Waals surface area (Å²) in [4.78, 5) is 7.83. The summed E-state index contributed by atoms with van der Waals surface area (Å²) in [6, 6.07) is 1.84. The Balaban J connectivity index is 2.29. The average Bonchev–Trinajstić information content (AvgIpc) is 2.64. The predicted molar refractivity (Wildman–Crippen MR) is 60.2 cm³/mol. The summed E-state index contributed by atoms with van der Waals surface area (Å²) in [7, 11) is 1.54. The molecule has 0 unspecified atom stereocenters. The molecule has 0 fully saturated rings. The van der Waals surface area contributed by atoms with Crippen LogP contribution in [-0.2, 0) is 0 Å². The quantitative estimate of drug-likeness (QED) is 0.801. The van der Waals surface area contributed by atoms with Crippen LogP contribution in [0.5, 0.6) is 5.75 Å². The fraction of sp³-hybridized carbons (Fsp3) is 0.222. The third kappa shape index (κ3) is 2.22. The highest BCUT2D eigenvalue weighted by atomic mass is 35.5. The minimum Gasteiger partial charge on any atom is -0.491 e. The summed E-state index contributed by atoms with van der Waals surface area (Å²) in [6.45, 7) is 1.91. The van der Waals surface area contributed by atoms with E-state index >= 15 is 0 Å². The molecule has 0 aromatic carbocycles. The second-order valence-corrected chi connectivity index (χ2v) is 3.46. The highest BCUT2D eigenvalue weighted by molar-refractivity contribution is 6.28. The summed E-state index contributed by atoms with van der Waals surface area (Å²) in [5.41, 5.74) is 0.946. The van der Waals surface area contributed by atoms with E-state index < -0.39 is 0 Å². The molecule has 2 rings (SSSR count). The number of methoxy groups -OCH3 is 1. The van der Waals surface area contributed by atoms with Crippen molar-refractivity contribution in [3.05, 3.63) is 23.2 Å². The number of hydrogen-bond acceptors (Lipinski definition) is 5. The molecule has 7 heteroatoms. The number of hydrogen-bond donors (Lipinski definition) is 2. The minimum atomic E-state index is 0.149. The van der Waals surface area contributed by atoms with Gasteiger partial charge in [0.15, 0.2) is 17.4 Å². The molecule has 0 amide bonds. The van der Waals surface area contributed by atoms with Crippen molar-refractivity contribution in [3.63, 3.8) is 0 Å². The van der Waals surface area contributed by atoms with Gasteiger partial charge in [-0.1, -0.05) is 0 Å². The van der Waals surface area contributed by atoms with Gasteiger partial charge < -0.3 is 10.1 Å². The van der Waals surface area contributed by atoms with Gasteiger partial charge in [0, 0.05) is 11.8 Å². The maximum atomic E-state index is 5.70. The van der Waals surface area contributed by atoms with Gasteiger partial charge in [-0.2, -0.15) is 10.1 Å². The van der Waals surface area contributed by atoms with Gasteiger partial charge in [0.1, 0.15) is 0 Å². The number of aryl methyl sites for hydroxylation is 1. The molecule has 0 spiro atoms. The van der Waals surface area contributed by atoms with Crippen LogP contribution >= 0.6 is 11.6 Å². The molecule has 0 aliphatic heterocycles. The van der Waals surface area contributed by atoms with Crippen molar-refractivity contribution in [2.24, 2.45) is 0 Å². The van der Waals surface area contributed by atoms with E-state index in [2.05, 4.69) is 25.5 Å². The molecule has 6 nitrogen and oxygen atoms in total. The summed E-state index contributed by atoms with van der Waals surface area (Å²) in [5.74, 6) is 1.63. The van der Waals surface area contributed by atoms with Crippen molar-refractivity contribution >= 4 is 23.2 Å². The van der Waals surface area contributed by atoms with Crippen molar-refractivity contribution < 1.29 is 4.74 Å². The Bertz CT molecular complexity index is 498. The van der Waals surface area contributed by atoms with Crippen LogP contribution in [0.2, 0.25) is 5.28 Å². The van der Waals surface area contributed by atoms with E-state index in [0.29, 0.717) is 17.4 Å². The van der Waals surface area contributed by atoms with E-state index in [1.165, 1.54) is 13.3 Å². The fourth-order valence-corrected chi connectivity index (χ4v) is 1.32. The fourth-order valence-electron chi connectivity index (χ4n) is 1.19. The summed E-state index contributed by atoms with van der Waals surface area (Å²) >= 11 is 5.70. The van der Waals surface area contributed by atoms with E-state index in [1.54, 1.807) is 0 Å². The zero-order chi connectivity index (χ0) is 11.5. The molecule has 16 heavy (non-hydrogen) atoms. The lowest BCUT2D eigenvalue weighted by molar-refractivity contribution is 0.413. The smallest absolute Gasteiger partial charge is 0.224 e. The number of anilines is 2. The van der Waals surface area contributed by atoms with E-state index in [0.717, 1.165) is 5.69 Å². The van der Waals surface area contributed by atoms with Crippen LogP contribution in [-0.4, -0.2) is 27.3 Å². The molecule has 2 heterocycles. The normalized spacial score (nSPS) is 10.2. The standard InChI is InChI=1S/C9H10ClN5O/c1-5-3-7(15-14-5)12-8-6(16-2)4-11-9(10)13-8/h3-4H,1-2H3,(H2,11,12,13,14,15). The second-order valence-electron chi connectivity index (χ2n) is 3.12. The number of nitrogens with zero attached hydrogens (tertiary/aromatic N) is 3. The SMILES string of the molecule is COc1cnc(Cl)nc1Nc1cc(C)[nH]n1. The largest absolute Gasteiger partial charge is 0.491 e. The Kier molecular flexibility index (Phi) is 2.91. The Morgan fingerprint density at radius 1 is 1.50 bits per heavy atom. The molecule has 0 saturated carbocycles. The van der Waals surface area contributed by atoms with E-state index in [1.807, 2.05) is 13.0 Å². The van der Waals surface area contributed by atoms with E-state index in [9.17, 15) is 0 Å². The van der Waals surface area contributed by atoms with E-state index in [4.69, 9.17) is 16.3 Å². The number of H-pyrrole nitrogens is 1. The number of ether oxygens (including phenoxy) is 1. The van der Waals surface area contributed by atoms with Crippen molar-refractivity contribution in [2.45, 2.75) is 6.92 Å². The Morgan fingerprint density at radius 3 is 2.94 bits per heavy atom. The highest BCUT2D eigenvalue weighted by Gasteiger charge is 2.08. The molecule has 0 atom stereocenters. The molecule has 2 N–H and O–H groups in total. The van der Waals surface area contributed by atoms with Gasteiger partial charge in [-0.05, 0) is 18.5 Å². The first-order chi connectivity index (χ1) is 7.69. The molecule has 0 radical (unpaired) electrons. The summed E-state index contributed by atoms with van der Waals surface area (Å²) in [6.07, 6.45) is 1.50. The third-order valence-electron chi connectivity index (χ3n) is 1.90. The molecule has 84 valence electrons. The molecule has 2 aromatic heterocycles. The molecule has 0 aliphatic rings. The van der Waals surface area contributed by atoms with Crippen LogP contribution in [0.4, 0.5) is 11.6 Å². The van der Waals surface area contributed by atoms with Crippen LogP contribution < -0.4 is 10.1 Å². The molecule has 0 saturated heterocycles. The maximum absolute atomic E-state index is 5.70. The Morgan fingerprint density at radius 2 is 2.31 bits per heavy atom. The lowest BCUT2D eigenvalue weighted by Gasteiger charge is -2.07. The van der Waals surface area contributed by atoms with Crippen molar-refractivity contribution in [1.82, 2.24) is 20.2 Å². The van der Waals surface area contributed by atoms with Crippen LogP contribution in [0.1, 0.15) is 5.69 Å². The lowest BCUT2D eigenvalue weighted by Crippen LogP contribution is -1.99. The molecular weight excluding hydrogens is 230 g/mol. The van der Waals surface area contributed by atoms with Gasteiger partial charge in [0.05, 0.1) is 13.3 Å². The van der Waals surface area contributed by atoms with Gasteiger partial charge in [0.25, 0.3) is 0 Å². The zero-order valence-electron chi connectivity index (χ0n) is 8.78. The summed E-state index contributed by atoms with van der Waals surface area (Å²) < 4.78 is 5.10. The topological polar surface area (TPSA) is 75.7 Å². The first-order valence-electron chi connectivity index (χ1n) is 4.54. The Hall–Kier alpha value is -1.82. The maximum Gasteiger partial charge on any atom is 0.224 e. The summed E-state index contributed by atoms with van der Waals surface area (Å²) in [5, 5.41) is 9.96. The molecule has 0 aliphatic carbocycles. The first kappa shape index (κ1) is 10.7. The van der Waals surface area contributed by atoms with Crippen molar-refractivity contribution in [2.75, 3.05) is 12.4 Å². The van der Waals surface area contributed by atoms with Crippen LogP contribution in [0.15, 0.2) is 12.3 Å². The minimum absolute atomic E-state index is 0.149. The van der Waals surface area contributed by atoms with E-state index in [-0.39, 0.29) is 5.28 Å². The highest BCUT2D eigenvalue weighted by Crippen LogP contribution is 2.24. The average molecular weight is 240 g/mol. The number of nitrogens with one attached hydrogen (secondary N) is 2. The number of halogens is 1. The monoisotopic (exact) mass is 239 g/mol. The zero-order valence-corrected chi connectivity index (χ0v) is 9.54. The van der Waals surface area contributed by atoms with Gasteiger partial charge in [-0.15, -0.1) is 0 Å². The molecular formula is C9H10ClN5O. The first-order valence-corrected chi connectivity index (χ1v) is 4.92. The molecule has 2 aromatic rings. The van der Waals surface area contributed by atoms with Crippen molar-refractivity contribution in [1.29, 1.82) is 0 Å². The number of rotatable bonds is 3. The van der Waals surface area contributed by atoms with Crippen molar-refractivity contribution in [3.8, 4) is 5.75 Å². The predicted octanol–water partition coefficient (Wildman–Crippen LogP) is 1.91. The van der Waals surface area contributed by atoms with Gasteiger partial charge in [-0.3, -0.25) is 5.10 Å². The van der Waals surface area contributed by atoms with Crippen LogP contribution in [0.25, 0.3) is 0 Å². The number of aromatic nitrogens is 4. The Labute approximate surface area is 97.0 Å². The third-order valence-corrected chi connectivity index (χ3v) is 2.08. The lowest BCUT2D eigenvalue weighted by atomic mass is 10.4. The second kappa shape index (κ2) is 4.36. The van der Waals surface area contributed by atoms with Crippen LogP contribution in [0.3, 0.4) is 0 Å².